The zero-order valence-corrected chi connectivity index (χ0v) is 18.5. The quantitative estimate of drug-likeness (QED) is 0.308. The zero-order valence-electron chi connectivity index (χ0n) is 16.2. The highest BCUT2D eigenvalue weighted by Crippen LogP contribution is 2.20. The number of carbonyl (C=O) groups is 1. The van der Waals surface area contributed by atoms with Crippen LogP contribution in [0.1, 0.15) is 33.6 Å². The summed E-state index contributed by atoms with van der Waals surface area (Å²) >= 11 is 0. The molecule has 1 saturated heterocycles. The van der Waals surface area contributed by atoms with Crippen molar-refractivity contribution in [2.75, 3.05) is 31.1 Å². The van der Waals surface area contributed by atoms with Gasteiger partial charge in [0.1, 0.15) is 0 Å². The van der Waals surface area contributed by atoms with E-state index in [0.29, 0.717) is 31.3 Å². The van der Waals surface area contributed by atoms with Gasteiger partial charge in [-0.1, -0.05) is 0 Å². The molecular formula is C18H30FIN6O. The second-order valence-corrected chi connectivity index (χ2v) is 6.62. The van der Waals surface area contributed by atoms with Gasteiger partial charge in [-0.2, -0.15) is 0 Å². The number of aliphatic imine (C=N–C) groups is 1. The molecule has 1 aliphatic heterocycles. The molecule has 0 radical (unpaired) electrons. The van der Waals surface area contributed by atoms with Crippen LogP contribution in [0.25, 0.3) is 0 Å². The first-order valence-corrected chi connectivity index (χ1v) is 9.19. The van der Waals surface area contributed by atoms with Crippen LogP contribution in [-0.2, 0) is 4.79 Å². The molecule has 152 valence electrons. The van der Waals surface area contributed by atoms with Gasteiger partial charge in [-0.15, -0.1) is 24.0 Å². The summed E-state index contributed by atoms with van der Waals surface area (Å²) in [5, 5.41) is 9.41. The molecule has 27 heavy (non-hydrogen) atoms. The van der Waals surface area contributed by atoms with Crippen molar-refractivity contribution in [3.63, 3.8) is 0 Å². The van der Waals surface area contributed by atoms with Crippen LogP contribution in [0.5, 0.6) is 0 Å². The molecule has 0 spiro atoms. The predicted molar refractivity (Wildman–Crippen MR) is 117 cm³/mol. The molecule has 3 N–H and O–H groups in total. The Bertz CT molecular complexity index is 628. The average Bonchev–Trinajstić information content (AvgIpc) is 3.03. The third kappa shape index (κ3) is 7.86. The summed E-state index contributed by atoms with van der Waals surface area (Å²) in [6.07, 6.45) is 2.83. The second kappa shape index (κ2) is 11.9. The van der Waals surface area contributed by atoms with E-state index in [1.807, 2.05) is 25.7 Å². The van der Waals surface area contributed by atoms with Crippen LogP contribution in [0.3, 0.4) is 0 Å². The van der Waals surface area contributed by atoms with Crippen molar-refractivity contribution < 1.29 is 9.18 Å². The first kappa shape index (κ1) is 23.4. The van der Waals surface area contributed by atoms with E-state index in [1.54, 1.807) is 12.3 Å². The Morgan fingerprint density at radius 1 is 1.48 bits per heavy atom. The first-order valence-electron chi connectivity index (χ1n) is 9.19. The molecule has 1 fully saturated rings. The van der Waals surface area contributed by atoms with Crippen LogP contribution >= 0.6 is 24.0 Å². The number of guanidine groups is 1. The molecule has 2 rings (SSSR count). The fourth-order valence-electron chi connectivity index (χ4n) is 2.86. The fraction of sp³-hybridized carbons (Fsp3) is 0.611. The maximum Gasteiger partial charge on any atom is 0.222 e. The Morgan fingerprint density at radius 2 is 2.26 bits per heavy atom. The Morgan fingerprint density at radius 3 is 2.93 bits per heavy atom. The second-order valence-electron chi connectivity index (χ2n) is 6.62. The number of nitrogens with zero attached hydrogens (tertiary/aromatic N) is 3. The van der Waals surface area contributed by atoms with Crippen LogP contribution in [0.2, 0.25) is 0 Å². The molecule has 1 aromatic rings. The van der Waals surface area contributed by atoms with Gasteiger partial charge in [-0.05, 0) is 39.3 Å². The Kier molecular flexibility index (Phi) is 10.3. The van der Waals surface area contributed by atoms with Gasteiger partial charge < -0.3 is 20.9 Å². The summed E-state index contributed by atoms with van der Waals surface area (Å²) in [6.45, 7) is 8.40. The molecule has 0 bridgehead atoms. The molecule has 1 aromatic heterocycles. The minimum absolute atomic E-state index is 0. The van der Waals surface area contributed by atoms with Crippen molar-refractivity contribution >= 4 is 41.7 Å². The highest BCUT2D eigenvalue weighted by Gasteiger charge is 2.25. The van der Waals surface area contributed by atoms with Crippen molar-refractivity contribution in [2.24, 2.45) is 4.99 Å². The smallest absolute Gasteiger partial charge is 0.222 e. The zero-order chi connectivity index (χ0) is 18.9. The highest BCUT2D eigenvalue weighted by atomic mass is 127. The average molecular weight is 492 g/mol. The molecule has 0 aliphatic carbocycles. The largest absolute Gasteiger partial charge is 0.357 e. The molecule has 0 aromatic carbocycles. The first-order chi connectivity index (χ1) is 12.5. The lowest BCUT2D eigenvalue weighted by Crippen LogP contribution is -2.45. The lowest BCUT2D eigenvalue weighted by Gasteiger charge is -2.20. The van der Waals surface area contributed by atoms with E-state index < -0.39 is 0 Å². The molecule has 0 saturated carbocycles. The number of nitrogens with one attached hydrogen (secondary N) is 3. The Hall–Kier alpha value is -1.65. The van der Waals surface area contributed by atoms with Crippen LogP contribution < -0.4 is 20.9 Å². The minimum atomic E-state index is -0.301. The van der Waals surface area contributed by atoms with E-state index in [1.165, 1.54) is 6.07 Å². The summed E-state index contributed by atoms with van der Waals surface area (Å²) < 4.78 is 13.9. The molecule has 1 atom stereocenters. The van der Waals surface area contributed by atoms with Gasteiger partial charge in [-0.3, -0.25) is 9.79 Å². The van der Waals surface area contributed by atoms with E-state index >= 15 is 0 Å². The highest BCUT2D eigenvalue weighted by molar-refractivity contribution is 14.0. The fourth-order valence-corrected chi connectivity index (χ4v) is 2.86. The van der Waals surface area contributed by atoms with Gasteiger partial charge in [0.2, 0.25) is 5.91 Å². The Balaban J connectivity index is 0.00000364. The monoisotopic (exact) mass is 492 g/mol. The van der Waals surface area contributed by atoms with E-state index in [4.69, 9.17) is 0 Å². The molecule has 9 heteroatoms. The number of rotatable bonds is 7. The molecule has 1 aliphatic rings. The van der Waals surface area contributed by atoms with Crippen molar-refractivity contribution in [3.8, 4) is 0 Å². The summed E-state index contributed by atoms with van der Waals surface area (Å²) in [7, 11) is 0. The maximum atomic E-state index is 13.9. The normalized spacial score (nSPS) is 16.9. The summed E-state index contributed by atoms with van der Waals surface area (Å²) in [5.41, 5.74) is 0. The summed E-state index contributed by atoms with van der Waals surface area (Å²) in [6, 6.07) is 3.31. The number of halogens is 2. The lowest BCUT2D eigenvalue weighted by molar-refractivity contribution is -0.121. The number of hydrogen-bond donors (Lipinski definition) is 3. The number of aromatic nitrogens is 1. The van der Waals surface area contributed by atoms with E-state index in [0.717, 1.165) is 19.5 Å². The predicted octanol–water partition coefficient (Wildman–Crippen LogP) is 1.89. The van der Waals surface area contributed by atoms with Gasteiger partial charge in [0, 0.05) is 44.3 Å². The number of amides is 1. The summed E-state index contributed by atoms with van der Waals surface area (Å²) in [4.78, 5) is 22.2. The van der Waals surface area contributed by atoms with Gasteiger partial charge in [-0.25, -0.2) is 9.37 Å². The summed E-state index contributed by atoms with van der Waals surface area (Å²) in [5.74, 6) is 0.768. The van der Waals surface area contributed by atoms with E-state index in [9.17, 15) is 9.18 Å². The van der Waals surface area contributed by atoms with Crippen LogP contribution in [0, 0.1) is 5.82 Å². The lowest BCUT2D eigenvalue weighted by atomic mass is 10.3. The van der Waals surface area contributed by atoms with Gasteiger partial charge in [0.05, 0.1) is 6.54 Å². The van der Waals surface area contributed by atoms with Gasteiger partial charge in [0.15, 0.2) is 17.6 Å². The number of pyridine rings is 1. The minimum Gasteiger partial charge on any atom is -0.357 e. The maximum absolute atomic E-state index is 13.9. The van der Waals surface area contributed by atoms with E-state index in [2.05, 4.69) is 25.9 Å². The van der Waals surface area contributed by atoms with Crippen LogP contribution in [-0.4, -0.2) is 55.1 Å². The molecule has 1 amide bonds. The van der Waals surface area contributed by atoms with Crippen molar-refractivity contribution in [2.45, 2.75) is 45.7 Å². The number of anilines is 1. The Labute approximate surface area is 177 Å². The van der Waals surface area contributed by atoms with Gasteiger partial charge >= 0.3 is 0 Å². The molecule has 7 nitrogen and oxygen atoms in total. The van der Waals surface area contributed by atoms with Crippen LogP contribution in [0.4, 0.5) is 10.2 Å². The van der Waals surface area contributed by atoms with E-state index in [-0.39, 0.29) is 47.8 Å². The van der Waals surface area contributed by atoms with Gasteiger partial charge in [0.25, 0.3) is 0 Å². The third-order valence-electron chi connectivity index (χ3n) is 3.97. The topological polar surface area (TPSA) is 81.6 Å². The van der Waals surface area contributed by atoms with Crippen molar-refractivity contribution in [1.82, 2.24) is 20.9 Å². The molecule has 1 unspecified atom stereocenters. The third-order valence-corrected chi connectivity index (χ3v) is 3.97. The van der Waals surface area contributed by atoms with Crippen LogP contribution in [0.15, 0.2) is 23.3 Å². The molecule has 2 heterocycles. The number of carbonyl (C=O) groups excluding carboxylic acids is 1. The molecular weight excluding hydrogens is 462 g/mol. The SMILES string of the molecule is CCNC(=NCCC(=O)NC(C)C)NC1CCN(c2ncccc2F)C1.I. The number of hydrogen-bond acceptors (Lipinski definition) is 4. The van der Waals surface area contributed by atoms with Crippen molar-refractivity contribution in [1.29, 1.82) is 0 Å². The van der Waals surface area contributed by atoms with Crippen molar-refractivity contribution in [3.05, 3.63) is 24.1 Å². The standard InChI is InChI=1S/C18H29FN6O.HI/c1-4-20-18(22-10-7-16(26)23-13(2)3)24-14-8-11-25(12-14)17-15(19)6-5-9-21-17;/h5-6,9,13-14H,4,7-8,10-12H2,1-3H3,(H,23,26)(H2,20,22,24);1H.